The average molecular weight is 405 g/mol. The summed E-state index contributed by atoms with van der Waals surface area (Å²) in [5.41, 5.74) is 13.2. The molecular weight excluding hydrogens is 383 g/mol. The van der Waals surface area contributed by atoms with Crippen LogP contribution in [0.5, 0.6) is 0 Å². The summed E-state index contributed by atoms with van der Waals surface area (Å²) in [6.07, 6.45) is -2.87. The van der Waals surface area contributed by atoms with Crippen molar-refractivity contribution in [1.82, 2.24) is 15.3 Å². The number of nitrogens with zero attached hydrogens (tertiary/aromatic N) is 1. The summed E-state index contributed by atoms with van der Waals surface area (Å²) in [5, 5.41) is 2.73. The van der Waals surface area contributed by atoms with Crippen LogP contribution in [0.25, 0.3) is 22.2 Å². The van der Waals surface area contributed by atoms with Crippen molar-refractivity contribution >= 4 is 16.9 Å². The third-order valence-corrected chi connectivity index (χ3v) is 4.55. The molecule has 0 saturated carbocycles. The highest BCUT2D eigenvalue weighted by Crippen LogP contribution is 2.31. The lowest BCUT2D eigenvalue weighted by atomic mass is 10.0. The van der Waals surface area contributed by atoms with Crippen LogP contribution in [0.1, 0.15) is 29.0 Å². The smallest absolute Gasteiger partial charge is 0.348 e. The maximum absolute atomic E-state index is 12.7. The monoisotopic (exact) mass is 405 g/mol. The fourth-order valence-corrected chi connectivity index (χ4v) is 2.94. The average Bonchev–Trinajstić information content (AvgIpc) is 3.13. The number of fused-ring (bicyclic) bond motifs is 1. The van der Waals surface area contributed by atoms with Gasteiger partial charge in [0.1, 0.15) is 0 Å². The third kappa shape index (κ3) is 5.12. The van der Waals surface area contributed by atoms with Gasteiger partial charge >= 0.3 is 6.18 Å². The van der Waals surface area contributed by atoms with Gasteiger partial charge in [0.15, 0.2) is 5.82 Å². The molecule has 154 valence electrons. The number of alkyl halides is 3. The molecule has 0 aliphatic rings. The molecule has 1 atom stereocenters. The summed E-state index contributed by atoms with van der Waals surface area (Å²) in [6.45, 7) is 0.860. The number of nitrogens with one attached hydrogen (secondary N) is 2. The van der Waals surface area contributed by atoms with E-state index in [4.69, 9.17) is 11.5 Å². The van der Waals surface area contributed by atoms with Crippen LogP contribution in [0.15, 0.2) is 42.5 Å². The van der Waals surface area contributed by atoms with Crippen LogP contribution >= 0.6 is 0 Å². The molecule has 0 radical (unpaired) electrons. The molecule has 1 unspecified atom stereocenters. The first kappa shape index (κ1) is 20.8. The molecule has 2 aromatic carbocycles. The SMILES string of the molecule is NCCCC(N)CNC(=O)c1nc2ccc(-c3ccc(C(F)(F)F)cc3)cc2[nH]1. The van der Waals surface area contributed by atoms with E-state index in [1.165, 1.54) is 12.1 Å². The van der Waals surface area contributed by atoms with E-state index in [1.54, 1.807) is 18.2 Å². The highest BCUT2D eigenvalue weighted by Gasteiger charge is 2.30. The number of halogens is 3. The predicted octanol–water partition coefficient (Wildman–Crippen LogP) is 3.04. The van der Waals surface area contributed by atoms with Gasteiger partial charge in [-0.3, -0.25) is 4.79 Å². The van der Waals surface area contributed by atoms with Crippen molar-refractivity contribution in [3.63, 3.8) is 0 Å². The highest BCUT2D eigenvalue weighted by molar-refractivity contribution is 5.94. The van der Waals surface area contributed by atoms with Crippen LogP contribution in [0.3, 0.4) is 0 Å². The zero-order valence-corrected chi connectivity index (χ0v) is 15.6. The molecule has 0 saturated heterocycles. The van der Waals surface area contributed by atoms with Crippen LogP contribution in [-0.4, -0.2) is 35.0 Å². The van der Waals surface area contributed by atoms with Gasteiger partial charge in [0.2, 0.25) is 0 Å². The lowest BCUT2D eigenvalue weighted by Crippen LogP contribution is -2.37. The number of carbonyl (C=O) groups is 1. The molecule has 1 amide bonds. The van der Waals surface area contributed by atoms with E-state index in [0.717, 1.165) is 18.6 Å². The summed E-state index contributed by atoms with van der Waals surface area (Å²) in [4.78, 5) is 19.5. The molecule has 0 fully saturated rings. The molecule has 0 aliphatic carbocycles. The Morgan fingerprint density at radius 1 is 1.14 bits per heavy atom. The van der Waals surface area contributed by atoms with E-state index in [1.807, 2.05) is 0 Å². The van der Waals surface area contributed by atoms with Crippen LogP contribution in [-0.2, 0) is 6.18 Å². The normalized spacial score (nSPS) is 12.9. The summed E-state index contributed by atoms with van der Waals surface area (Å²) in [7, 11) is 0. The summed E-state index contributed by atoms with van der Waals surface area (Å²) in [5.74, 6) is -0.226. The van der Waals surface area contributed by atoms with E-state index < -0.39 is 11.7 Å². The lowest BCUT2D eigenvalue weighted by Gasteiger charge is -2.11. The van der Waals surface area contributed by atoms with Crippen molar-refractivity contribution < 1.29 is 18.0 Å². The number of hydrogen-bond acceptors (Lipinski definition) is 4. The van der Waals surface area contributed by atoms with Crippen LogP contribution in [0.2, 0.25) is 0 Å². The minimum Gasteiger partial charge on any atom is -0.348 e. The molecule has 3 rings (SSSR count). The molecule has 6 N–H and O–H groups in total. The van der Waals surface area contributed by atoms with Gasteiger partial charge < -0.3 is 21.8 Å². The fraction of sp³-hybridized carbons (Fsp3) is 0.300. The Morgan fingerprint density at radius 2 is 1.83 bits per heavy atom. The molecule has 29 heavy (non-hydrogen) atoms. The summed E-state index contributed by atoms with van der Waals surface area (Å²) >= 11 is 0. The Morgan fingerprint density at radius 3 is 2.48 bits per heavy atom. The Balaban J connectivity index is 1.73. The molecular formula is C20H22F3N5O. The second kappa shape index (κ2) is 8.62. The number of amides is 1. The number of benzene rings is 2. The maximum atomic E-state index is 12.7. The molecule has 0 aliphatic heterocycles. The van der Waals surface area contributed by atoms with Gasteiger partial charge in [-0.1, -0.05) is 18.2 Å². The van der Waals surface area contributed by atoms with E-state index in [0.29, 0.717) is 41.7 Å². The van der Waals surface area contributed by atoms with Gasteiger partial charge in [0, 0.05) is 12.6 Å². The van der Waals surface area contributed by atoms with Crippen molar-refractivity contribution in [3.05, 3.63) is 53.9 Å². The van der Waals surface area contributed by atoms with Gasteiger partial charge in [-0.25, -0.2) is 4.98 Å². The summed E-state index contributed by atoms with van der Waals surface area (Å²) in [6, 6.07) is 9.93. The molecule has 0 bridgehead atoms. The third-order valence-electron chi connectivity index (χ3n) is 4.55. The van der Waals surface area contributed by atoms with Gasteiger partial charge in [-0.05, 0) is 54.8 Å². The van der Waals surface area contributed by atoms with E-state index in [9.17, 15) is 18.0 Å². The highest BCUT2D eigenvalue weighted by atomic mass is 19.4. The summed E-state index contributed by atoms with van der Waals surface area (Å²) < 4.78 is 38.2. The minimum absolute atomic E-state index is 0.149. The number of rotatable bonds is 7. The number of hydrogen-bond donors (Lipinski definition) is 4. The van der Waals surface area contributed by atoms with Gasteiger partial charge in [-0.15, -0.1) is 0 Å². The second-order valence-corrected chi connectivity index (χ2v) is 6.79. The van der Waals surface area contributed by atoms with Crippen molar-refractivity contribution in [2.45, 2.75) is 25.1 Å². The molecule has 1 aromatic heterocycles. The number of nitrogens with two attached hydrogens (primary N) is 2. The molecule has 0 spiro atoms. The van der Waals surface area contributed by atoms with Crippen molar-refractivity contribution in [2.75, 3.05) is 13.1 Å². The topological polar surface area (TPSA) is 110 Å². The van der Waals surface area contributed by atoms with Gasteiger partial charge in [0.05, 0.1) is 16.6 Å². The first-order valence-corrected chi connectivity index (χ1v) is 9.19. The number of imidazole rings is 1. The van der Waals surface area contributed by atoms with E-state index in [2.05, 4.69) is 15.3 Å². The van der Waals surface area contributed by atoms with Gasteiger partial charge in [0.25, 0.3) is 5.91 Å². The molecule has 9 heteroatoms. The maximum Gasteiger partial charge on any atom is 0.416 e. The lowest BCUT2D eigenvalue weighted by molar-refractivity contribution is -0.137. The Kier molecular flexibility index (Phi) is 6.19. The number of H-pyrrole nitrogens is 1. The van der Waals surface area contributed by atoms with E-state index >= 15 is 0 Å². The largest absolute Gasteiger partial charge is 0.416 e. The molecule has 1 heterocycles. The number of carbonyl (C=O) groups excluding carboxylic acids is 1. The first-order chi connectivity index (χ1) is 13.8. The number of aromatic amines is 1. The Bertz CT molecular complexity index is 982. The van der Waals surface area contributed by atoms with Gasteiger partial charge in [-0.2, -0.15) is 13.2 Å². The number of aromatic nitrogens is 2. The van der Waals surface area contributed by atoms with Crippen molar-refractivity contribution in [2.24, 2.45) is 11.5 Å². The van der Waals surface area contributed by atoms with Crippen LogP contribution in [0, 0.1) is 0 Å². The Labute approximate surface area is 165 Å². The van der Waals surface area contributed by atoms with Crippen molar-refractivity contribution in [3.8, 4) is 11.1 Å². The zero-order valence-electron chi connectivity index (χ0n) is 15.6. The van der Waals surface area contributed by atoms with Crippen LogP contribution in [0.4, 0.5) is 13.2 Å². The standard InChI is InChI=1S/C20H22F3N5O/c21-20(22,23)14-6-3-12(4-7-14)13-5-8-16-17(10-13)28-18(27-16)19(29)26-11-15(25)2-1-9-24/h3-8,10,15H,1-2,9,11,24-25H2,(H,26,29)(H,27,28). The zero-order chi connectivity index (χ0) is 21.0. The van der Waals surface area contributed by atoms with Crippen LogP contribution < -0.4 is 16.8 Å². The predicted molar refractivity (Wildman–Crippen MR) is 105 cm³/mol. The molecule has 6 nitrogen and oxygen atoms in total. The quantitative estimate of drug-likeness (QED) is 0.484. The van der Waals surface area contributed by atoms with E-state index in [-0.39, 0.29) is 17.8 Å². The Hall–Kier alpha value is -2.91. The fourth-order valence-electron chi connectivity index (χ4n) is 2.94. The second-order valence-electron chi connectivity index (χ2n) is 6.79. The minimum atomic E-state index is -4.37. The first-order valence-electron chi connectivity index (χ1n) is 9.19. The molecule has 3 aromatic rings. The van der Waals surface area contributed by atoms with Crippen molar-refractivity contribution in [1.29, 1.82) is 0 Å².